The zero-order valence-electron chi connectivity index (χ0n) is 10.4. The molecule has 0 bridgehead atoms. The van der Waals surface area contributed by atoms with E-state index < -0.39 is 11.4 Å². The number of hydrogen-bond acceptors (Lipinski definition) is 3. The van der Waals surface area contributed by atoms with Crippen LogP contribution in [0, 0.1) is 0 Å². The number of primary amides is 1. The van der Waals surface area contributed by atoms with Crippen LogP contribution in [-0.2, 0) is 10.3 Å². The fourth-order valence-electron chi connectivity index (χ4n) is 1.77. The SMILES string of the molecule is CC(Nc1ccccc1Cl)(C(N)=O)c1cccnc1. The van der Waals surface area contributed by atoms with Crippen molar-refractivity contribution in [2.45, 2.75) is 12.5 Å². The molecule has 0 spiro atoms. The molecule has 1 aromatic carbocycles. The number of amides is 1. The van der Waals surface area contributed by atoms with Crippen molar-refractivity contribution in [2.24, 2.45) is 5.73 Å². The number of aromatic nitrogens is 1. The lowest BCUT2D eigenvalue weighted by Gasteiger charge is -2.29. The number of benzene rings is 1. The number of nitrogens with two attached hydrogens (primary N) is 1. The molecule has 98 valence electrons. The number of anilines is 1. The zero-order chi connectivity index (χ0) is 13.9. The molecule has 4 nitrogen and oxygen atoms in total. The number of pyridine rings is 1. The highest BCUT2D eigenvalue weighted by atomic mass is 35.5. The van der Waals surface area contributed by atoms with Gasteiger partial charge in [0.25, 0.3) is 0 Å². The van der Waals surface area contributed by atoms with Crippen LogP contribution in [-0.4, -0.2) is 10.9 Å². The maximum absolute atomic E-state index is 11.8. The van der Waals surface area contributed by atoms with Gasteiger partial charge >= 0.3 is 0 Å². The molecule has 0 saturated carbocycles. The van der Waals surface area contributed by atoms with Gasteiger partial charge in [-0.1, -0.05) is 29.8 Å². The van der Waals surface area contributed by atoms with Crippen LogP contribution in [0.25, 0.3) is 0 Å². The second-order valence-electron chi connectivity index (χ2n) is 4.34. The fraction of sp³-hybridized carbons (Fsp3) is 0.143. The van der Waals surface area contributed by atoms with E-state index in [9.17, 15) is 4.79 Å². The van der Waals surface area contributed by atoms with E-state index in [-0.39, 0.29) is 0 Å². The summed E-state index contributed by atoms with van der Waals surface area (Å²) in [5.41, 5.74) is 5.79. The maximum atomic E-state index is 11.8. The molecular weight excluding hydrogens is 262 g/mol. The predicted octanol–water partition coefficient (Wildman–Crippen LogP) is 2.55. The Bertz CT molecular complexity index is 588. The molecule has 2 aromatic rings. The first-order chi connectivity index (χ1) is 9.04. The van der Waals surface area contributed by atoms with E-state index in [1.165, 1.54) is 0 Å². The van der Waals surface area contributed by atoms with E-state index in [0.717, 1.165) is 0 Å². The van der Waals surface area contributed by atoms with Gasteiger partial charge in [0.2, 0.25) is 5.91 Å². The van der Waals surface area contributed by atoms with Crippen molar-refractivity contribution >= 4 is 23.2 Å². The van der Waals surface area contributed by atoms with Gasteiger partial charge in [0, 0.05) is 18.0 Å². The topological polar surface area (TPSA) is 68.0 Å². The Labute approximate surface area is 116 Å². The molecule has 0 aliphatic heterocycles. The molecule has 1 aromatic heterocycles. The average Bonchev–Trinajstić information content (AvgIpc) is 2.42. The smallest absolute Gasteiger partial charge is 0.247 e. The van der Waals surface area contributed by atoms with Crippen LogP contribution in [0.4, 0.5) is 5.69 Å². The minimum absolute atomic E-state index is 0.500. The lowest BCUT2D eigenvalue weighted by atomic mass is 9.92. The monoisotopic (exact) mass is 275 g/mol. The second-order valence-corrected chi connectivity index (χ2v) is 4.74. The number of carbonyl (C=O) groups is 1. The molecular formula is C14H14ClN3O. The van der Waals surface area contributed by atoms with E-state index in [0.29, 0.717) is 16.3 Å². The number of hydrogen-bond donors (Lipinski definition) is 2. The Morgan fingerprint density at radius 3 is 2.63 bits per heavy atom. The number of nitrogens with zero attached hydrogens (tertiary/aromatic N) is 1. The molecule has 0 radical (unpaired) electrons. The van der Waals surface area contributed by atoms with Crippen molar-refractivity contribution in [1.82, 2.24) is 4.98 Å². The molecule has 5 heteroatoms. The summed E-state index contributed by atoms with van der Waals surface area (Å²) in [6.07, 6.45) is 3.25. The van der Waals surface area contributed by atoms with E-state index in [4.69, 9.17) is 17.3 Å². The summed E-state index contributed by atoms with van der Waals surface area (Å²) >= 11 is 6.09. The molecule has 19 heavy (non-hydrogen) atoms. The van der Waals surface area contributed by atoms with Crippen LogP contribution in [0.15, 0.2) is 48.8 Å². The lowest BCUT2D eigenvalue weighted by Crippen LogP contribution is -2.45. The van der Waals surface area contributed by atoms with Gasteiger partial charge < -0.3 is 11.1 Å². The molecule has 1 unspecified atom stereocenters. The molecule has 1 heterocycles. The molecule has 1 amide bonds. The third kappa shape index (κ3) is 2.69. The Hall–Kier alpha value is -2.07. The van der Waals surface area contributed by atoms with Crippen molar-refractivity contribution in [2.75, 3.05) is 5.32 Å². The minimum atomic E-state index is -1.07. The summed E-state index contributed by atoms with van der Waals surface area (Å²) in [7, 11) is 0. The van der Waals surface area contributed by atoms with Crippen molar-refractivity contribution < 1.29 is 4.79 Å². The summed E-state index contributed by atoms with van der Waals surface area (Å²) in [4.78, 5) is 15.8. The van der Waals surface area contributed by atoms with Gasteiger partial charge in [-0.3, -0.25) is 9.78 Å². The standard InChI is InChI=1S/C14H14ClN3O/c1-14(13(16)19,10-5-4-8-17-9-10)18-12-7-3-2-6-11(12)15/h2-9,18H,1H3,(H2,16,19). The van der Waals surface area contributed by atoms with Crippen LogP contribution in [0.1, 0.15) is 12.5 Å². The van der Waals surface area contributed by atoms with Gasteiger partial charge in [-0.2, -0.15) is 0 Å². The highest BCUT2D eigenvalue weighted by molar-refractivity contribution is 6.33. The highest BCUT2D eigenvalue weighted by Crippen LogP contribution is 2.29. The van der Waals surface area contributed by atoms with Crippen LogP contribution >= 0.6 is 11.6 Å². The van der Waals surface area contributed by atoms with Gasteiger partial charge in [-0.15, -0.1) is 0 Å². The molecule has 0 aliphatic rings. The van der Waals surface area contributed by atoms with Crippen LogP contribution in [0.3, 0.4) is 0 Å². The highest BCUT2D eigenvalue weighted by Gasteiger charge is 2.33. The molecule has 2 rings (SSSR count). The largest absolute Gasteiger partial charge is 0.367 e. The predicted molar refractivity (Wildman–Crippen MR) is 75.9 cm³/mol. The van der Waals surface area contributed by atoms with Crippen molar-refractivity contribution in [3.8, 4) is 0 Å². The third-order valence-electron chi connectivity index (χ3n) is 2.99. The van der Waals surface area contributed by atoms with Gasteiger partial charge in [-0.05, 0) is 25.1 Å². The van der Waals surface area contributed by atoms with E-state index in [1.54, 1.807) is 43.6 Å². The van der Waals surface area contributed by atoms with Gasteiger partial charge in [-0.25, -0.2) is 0 Å². The zero-order valence-corrected chi connectivity index (χ0v) is 11.2. The minimum Gasteiger partial charge on any atom is -0.367 e. The van der Waals surface area contributed by atoms with Gasteiger partial charge in [0.15, 0.2) is 0 Å². The van der Waals surface area contributed by atoms with E-state index >= 15 is 0 Å². The van der Waals surface area contributed by atoms with E-state index in [1.807, 2.05) is 12.1 Å². The number of rotatable bonds is 4. The van der Waals surface area contributed by atoms with Gasteiger partial charge in [0.05, 0.1) is 10.7 Å². The number of nitrogens with one attached hydrogen (secondary N) is 1. The molecule has 0 fully saturated rings. The number of carbonyl (C=O) groups excluding carboxylic acids is 1. The molecule has 1 atom stereocenters. The third-order valence-corrected chi connectivity index (χ3v) is 3.32. The second kappa shape index (κ2) is 5.28. The lowest BCUT2D eigenvalue weighted by molar-refractivity contribution is -0.122. The van der Waals surface area contributed by atoms with Crippen molar-refractivity contribution in [3.63, 3.8) is 0 Å². The van der Waals surface area contributed by atoms with Crippen LogP contribution in [0.2, 0.25) is 5.02 Å². The number of para-hydroxylation sites is 1. The van der Waals surface area contributed by atoms with E-state index in [2.05, 4.69) is 10.3 Å². The first-order valence-corrected chi connectivity index (χ1v) is 6.15. The fourth-order valence-corrected chi connectivity index (χ4v) is 1.95. The summed E-state index contributed by atoms with van der Waals surface area (Å²) in [6, 6.07) is 10.7. The Balaban J connectivity index is 2.42. The van der Waals surface area contributed by atoms with Crippen LogP contribution < -0.4 is 11.1 Å². The molecule has 3 N–H and O–H groups in total. The van der Waals surface area contributed by atoms with Gasteiger partial charge in [0.1, 0.15) is 5.54 Å². The molecule has 0 saturated heterocycles. The van der Waals surface area contributed by atoms with Crippen molar-refractivity contribution in [3.05, 3.63) is 59.4 Å². The first kappa shape index (κ1) is 13.4. The normalized spacial score (nSPS) is 13.6. The molecule has 0 aliphatic carbocycles. The van der Waals surface area contributed by atoms with Crippen molar-refractivity contribution in [1.29, 1.82) is 0 Å². The number of halogens is 1. The quantitative estimate of drug-likeness (QED) is 0.901. The maximum Gasteiger partial charge on any atom is 0.247 e. The summed E-state index contributed by atoms with van der Waals surface area (Å²) in [5, 5.41) is 3.62. The summed E-state index contributed by atoms with van der Waals surface area (Å²) in [6.45, 7) is 1.70. The summed E-state index contributed by atoms with van der Waals surface area (Å²) < 4.78 is 0. The Morgan fingerprint density at radius 2 is 2.05 bits per heavy atom. The summed E-state index contributed by atoms with van der Waals surface area (Å²) in [5.74, 6) is -0.500. The Morgan fingerprint density at radius 1 is 1.32 bits per heavy atom. The first-order valence-electron chi connectivity index (χ1n) is 5.77. The average molecular weight is 276 g/mol. The Kier molecular flexibility index (Phi) is 3.71. The van der Waals surface area contributed by atoms with Crippen LogP contribution in [0.5, 0.6) is 0 Å².